The van der Waals surface area contributed by atoms with E-state index in [4.69, 9.17) is 9.47 Å². The normalized spacial score (nSPS) is 14.3. The van der Waals surface area contributed by atoms with E-state index >= 15 is 0 Å². The van der Waals surface area contributed by atoms with Crippen LogP contribution in [0, 0.1) is 0 Å². The van der Waals surface area contributed by atoms with Crippen LogP contribution in [-0.2, 0) is 21.3 Å². The van der Waals surface area contributed by atoms with Gasteiger partial charge in [-0.25, -0.2) is 23.9 Å². The minimum Gasteiger partial charge on any atom is -0.464 e. The third-order valence-corrected chi connectivity index (χ3v) is 7.40. The molecule has 0 bridgehead atoms. The van der Waals surface area contributed by atoms with E-state index in [1.807, 2.05) is 39.8 Å². The van der Waals surface area contributed by atoms with Gasteiger partial charge in [-0.2, -0.15) is 0 Å². The standard InChI is InChI=1S/C35H46N4O6/c1-11-23-27-25(39(31(41)42)29(23)22-14-17-36-26(20-22)37-30(40)44-34(5,6)7)13-12-24(28(27)33(2,3)4)21-15-18-38(19-16-21)32(43)45-35(8,9)10/h12-15,17,20H,11,16,18-19H2,1-10H3,(H,41,42)(H,36,37,40). The van der Waals surface area contributed by atoms with Crippen molar-refractivity contribution in [2.75, 3.05) is 18.4 Å². The van der Waals surface area contributed by atoms with Crippen molar-refractivity contribution in [2.24, 2.45) is 0 Å². The summed E-state index contributed by atoms with van der Waals surface area (Å²) in [7, 11) is 0. The van der Waals surface area contributed by atoms with Crippen LogP contribution in [0.3, 0.4) is 0 Å². The van der Waals surface area contributed by atoms with E-state index in [-0.39, 0.29) is 17.3 Å². The lowest BCUT2D eigenvalue weighted by atomic mass is 9.77. The SMILES string of the molecule is CCc1c(-c2ccnc(NC(=O)OC(C)(C)C)c2)n(C(=O)O)c2ccc(C3=CCN(C(=O)OC(C)(C)C)CC3)c(C(C)(C)C)c12. The molecule has 3 heterocycles. The Labute approximate surface area is 265 Å². The molecule has 0 saturated heterocycles. The summed E-state index contributed by atoms with van der Waals surface area (Å²) < 4.78 is 12.3. The van der Waals surface area contributed by atoms with Gasteiger partial charge in [-0.15, -0.1) is 0 Å². The van der Waals surface area contributed by atoms with Gasteiger partial charge in [0.2, 0.25) is 0 Å². The molecular weight excluding hydrogens is 572 g/mol. The Morgan fingerprint density at radius 2 is 1.64 bits per heavy atom. The molecule has 2 N–H and O–H groups in total. The van der Waals surface area contributed by atoms with E-state index in [0.717, 1.165) is 27.6 Å². The summed E-state index contributed by atoms with van der Waals surface area (Å²) in [6.45, 7) is 20.3. The van der Waals surface area contributed by atoms with Crippen molar-refractivity contribution >= 4 is 40.6 Å². The van der Waals surface area contributed by atoms with Gasteiger partial charge in [0.1, 0.15) is 17.0 Å². The van der Waals surface area contributed by atoms with Crippen LogP contribution in [0.2, 0.25) is 0 Å². The highest BCUT2D eigenvalue weighted by Crippen LogP contribution is 2.44. The lowest BCUT2D eigenvalue weighted by molar-refractivity contribution is 0.0270. The molecule has 10 heteroatoms. The third-order valence-electron chi connectivity index (χ3n) is 7.40. The van der Waals surface area contributed by atoms with Crippen LogP contribution in [-0.4, -0.2) is 62.1 Å². The lowest BCUT2D eigenvalue weighted by Crippen LogP contribution is -2.39. The number of aromatic nitrogens is 2. The fourth-order valence-electron chi connectivity index (χ4n) is 5.81. The maximum absolute atomic E-state index is 12.9. The first-order chi connectivity index (χ1) is 20.8. The molecule has 4 rings (SSSR count). The summed E-state index contributed by atoms with van der Waals surface area (Å²) in [6, 6.07) is 7.30. The molecule has 2 aromatic heterocycles. The first-order valence-electron chi connectivity index (χ1n) is 15.4. The monoisotopic (exact) mass is 618 g/mol. The Bertz CT molecular complexity index is 1660. The summed E-state index contributed by atoms with van der Waals surface area (Å²) in [5.41, 5.74) is 4.24. The number of pyridine rings is 1. The molecule has 10 nitrogen and oxygen atoms in total. The van der Waals surface area contributed by atoms with Crippen LogP contribution < -0.4 is 5.32 Å². The summed E-state index contributed by atoms with van der Waals surface area (Å²) in [5, 5.41) is 14.1. The van der Waals surface area contributed by atoms with Gasteiger partial charge < -0.3 is 19.5 Å². The largest absolute Gasteiger partial charge is 0.464 e. The number of ether oxygens (including phenoxy) is 2. The molecule has 1 aromatic carbocycles. The van der Waals surface area contributed by atoms with Crippen molar-refractivity contribution in [2.45, 2.75) is 98.7 Å². The van der Waals surface area contributed by atoms with Crippen molar-refractivity contribution in [3.63, 3.8) is 0 Å². The van der Waals surface area contributed by atoms with E-state index in [0.29, 0.717) is 42.7 Å². The number of benzene rings is 1. The Hall–Kier alpha value is -4.34. The summed E-state index contributed by atoms with van der Waals surface area (Å²) in [5.74, 6) is 0.254. The molecule has 0 aliphatic carbocycles. The number of hydrogen-bond acceptors (Lipinski definition) is 6. The first-order valence-corrected chi connectivity index (χ1v) is 15.4. The van der Waals surface area contributed by atoms with Gasteiger partial charge in [0.25, 0.3) is 0 Å². The smallest absolute Gasteiger partial charge is 0.416 e. The van der Waals surface area contributed by atoms with Crippen molar-refractivity contribution in [1.29, 1.82) is 0 Å². The number of carbonyl (C=O) groups excluding carboxylic acids is 2. The number of nitrogens with one attached hydrogen (secondary N) is 1. The van der Waals surface area contributed by atoms with Crippen LogP contribution in [0.15, 0.2) is 36.5 Å². The van der Waals surface area contributed by atoms with Crippen LogP contribution in [0.25, 0.3) is 27.7 Å². The van der Waals surface area contributed by atoms with Crippen LogP contribution >= 0.6 is 0 Å². The molecule has 0 unspecified atom stereocenters. The van der Waals surface area contributed by atoms with E-state index in [1.165, 1.54) is 4.57 Å². The van der Waals surface area contributed by atoms with Gasteiger partial charge >= 0.3 is 18.3 Å². The molecule has 45 heavy (non-hydrogen) atoms. The summed E-state index contributed by atoms with van der Waals surface area (Å²) >= 11 is 0. The highest BCUT2D eigenvalue weighted by molar-refractivity contribution is 6.03. The Kier molecular flexibility index (Phi) is 9.11. The molecule has 3 aromatic rings. The number of amides is 2. The zero-order chi connectivity index (χ0) is 33.5. The number of rotatable bonds is 4. The van der Waals surface area contributed by atoms with Crippen molar-refractivity contribution < 1.29 is 29.0 Å². The molecule has 242 valence electrons. The summed E-state index contributed by atoms with van der Waals surface area (Å²) in [4.78, 5) is 44.1. The lowest BCUT2D eigenvalue weighted by Gasteiger charge is -2.31. The van der Waals surface area contributed by atoms with Gasteiger partial charge in [0, 0.05) is 30.2 Å². The van der Waals surface area contributed by atoms with E-state index < -0.39 is 23.4 Å². The fourth-order valence-corrected chi connectivity index (χ4v) is 5.81. The van der Waals surface area contributed by atoms with E-state index in [1.54, 1.807) is 44.0 Å². The quantitative estimate of drug-likeness (QED) is 0.301. The third kappa shape index (κ3) is 7.49. The van der Waals surface area contributed by atoms with E-state index in [2.05, 4.69) is 37.1 Å². The second-order valence-corrected chi connectivity index (χ2v) is 14.4. The maximum atomic E-state index is 12.9. The van der Waals surface area contributed by atoms with Gasteiger partial charge in [0.05, 0.1) is 11.2 Å². The first kappa shape index (κ1) is 33.6. The van der Waals surface area contributed by atoms with E-state index in [9.17, 15) is 19.5 Å². The fraction of sp³-hybridized carbons (Fsp3) is 0.486. The van der Waals surface area contributed by atoms with Crippen LogP contribution in [0.1, 0.15) is 92.3 Å². The van der Waals surface area contributed by atoms with Gasteiger partial charge in [-0.05, 0) is 100 Å². The Balaban J connectivity index is 1.87. The minimum atomic E-state index is -1.11. The number of nitrogens with zero attached hydrogens (tertiary/aromatic N) is 3. The molecule has 0 radical (unpaired) electrons. The molecular formula is C35H46N4O6. The highest BCUT2D eigenvalue weighted by atomic mass is 16.6. The van der Waals surface area contributed by atoms with Gasteiger partial charge in [-0.3, -0.25) is 5.32 Å². The zero-order valence-corrected chi connectivity index (χ0v) is 28.1. The second kappa shape index (κ2) is 12.2. The van der Waals surface area contributed by atoms with Crippen molar-refractivity contribution in [1.82, 2.24) is 14.5 Å². The molecule has 0 spiro atoms. The molecule has 0 saturated carbocycles. The number of anilines is 1. The average Bonchev–Trinajstić information content (AvgIpc) is 3.24. The predicted molar refractivity (Wildman–Crippen MR) is 177 cm³/mol. The number of carboxylic acid groups (broad SMARTS) is 1. The molecule has 0 atom stereocenters. The Morgan fingerprint density at radius 1 is 0.978 bits per heavy atom. The predicted octanol–water partition coefficient (Wildman–Crippen LogP) is 8.46. The van der Waals surface area contributed by atoms with Gasteiger partial charge in [0.15, 0.2) is 0 Å². The zero-order valence-electron chi connectivity index (χ0n) is 28.1. The molecule has 0 fully saturated rings. The maximum Gasteiger partial charge on any atom is 0.416 e. The number of aryl methyl sites for hydroxylation is 1. The number of fused-ring (bicyclic) bond motifs is 1. The van der Waals surface area contributed by atoms with Crippen molar-refractivity contribution in [3.8, 4) is 11.3 Å². The van der Waals surface area contributed by atoms with Crippen LogP contribution in [0.4, 0.5) is 20.2 Å². The molecule has 1 aliphatic rings. The summed E-state index contributed by atoms with van der Waals surface area (Å²) in [6.07, 6.45) is 2.75. The number of hydrogen-bond donors (Lipinski definition) is 2. The van der Waals surface area contributed by atoms with Crippen LogP contribution in [0.5, 0.6) is 0 Å². The average molecular weight is 619 g/mol. The number of carbonyl (C=O) groups is 3. The van der Waals surface area contributed by atoms with Gasteiger partial charge in [-0.1, -0.05) is 39.8 Å². The Morgan fingerprint density at radius 3 is 2.18 bits per heavy atom. The van der Waals surface area contributed by atoms with Crippen molar-refractivity contribution in [3.05, 3.63) is 53.2 Å². The highest BCUT2D eigenvalue weighted by Gasteiger charge is 2.32. The minimum absolute atomic E-state index is 0.254. The second-order valence-electron chi connectivity index (χ2n) is 14.4. The molecule has 2 amide bonds. The topological polar surface area (TPSA) is 123 Å². The molecule has 1 aliphatic heterocycles.